The maximum Gasteiger partial charge on any atom is 0.261 e. The molecule has 0 fully saturated rings. The summed E-state index contributed by atoms with van der Waals surface area (Å²) in [6.45, 7) is 7.87. The predicted molar refractivity (Wildman–Crippen MR) is 151 cm³/mol. The zero-order valence-corrected chi connectivity index (χ0v) is 24.2. The van der Waals surface area contributed by atoms with Gasteiger partial charge in [-0.25, -0.2) is 0 Å². The van der Waals surface area contributed by atoms with E-state index >= 15 is 0 Å². The fourth-order valence-corrected chi connectivity index (χ4v) is 4.24. The van der Waals surface area contributed by atoms with Crippen LogP contribution in [0.2, 0.25) is 0 Å². The number of carbonyl (C=O) groups excluding carboxylic acids is 2. The molecule has 1 atom stereocenters. The summed E-state index contributed by atoms with van der Waals surface area (Å²) in [6, 6.07) is 22.4. The highest BCUT2D eigenvalue weighted by atomic mass is 79.9. The Bertz CT molecular complexity index is 1180. The maximum absolute atomic E-state index is 13.6. The van der Waals surface area contributed by atoms with Gasteiger partial charge in [-0.15, -0.1) is 0 Å². The Morgan fingerprint density at radius 3 is 2.22 bits per heavy atom. The van der Waals surface area contributed by atoms with Crippen LogP contribution in [0.25, 0.3) is 0 Å². The highest BCUT2D eigenvalue weighted by Gasteiger charge is 2.32. The Balaban J connectivity index is 1.92. The minimum Gasteiger partial charge on any atom is -0.484 e. The summed E-state index contributed by atoms with van der Waals surface area (Å²) in [5.41, 5.74) is 2.47. The lowest BCUT2D eigenvalue weighted by Crippen LogP contribution is -2.55. The second-order valence-electron chi connectivity index (χ2n) is 9.79. The first-order valence-corrected chi connectivity index (χ1v) is 13.4. The quantitative estimate of drug-likeness (QED) is 0.301. The SMILES string of the molecule is Cc1cc(OCC(=O)N(Cc2ccc(Br)cc2)C(Cc2ccccc2)C(=O)NC(C)(C)C)ccc1Br. The molecule has 0 bridgehead atoms. The summed E-state index contributed by atoms with van der Waals surface area (Å²) in [5, 5.41) is 3.07. The largest absolute Gasteiger partial charge is 0.484 e. The van der Waals surface area contributed by atoms with Gasteiger partial charge in [-0.2, -0.15) is 0 Å². The summed E-state index contributed by atoms with van der Waals surface area (Å²) in [5.74, 6) is 0.145. The molecule has 0 heterocycles. The van der Waals surface area contributed by atoms with Crippen molar-refractivity contribution < 1.29 is 14.3 Å². The van der Waals surface area contributed by atoms with Crippen molar-refractivity contribution in [2.24, 2.45) is 0 Å². The number of nitrogens with one attached hydrogen (secondary N) is 1. The fraction of sp³-hybridized carbons (Fsp3) is 0.310. The first-order valence-electron chi connectivity index (χ1n) is 11.8. The van der Waals surface area contributed by atoms with Gasteiger partial charge < -0.3 is 15.0 Å². The van der Waals surface area contributed by atoms with Crippen LogP contribution in [0.4, 0.5) is 0 Å². The van der Waals surface area contributed by atoms with Gasteiger partial charge in [0.05, 0.1) is 0 Å². The average molecular weight is 616 g/mol. The Morgan fingerprint density at radius 2 is 1.61 bits per heavy atom. The molecular formula is C29H32Br2N2O3. The number of carbonyl (C=O) groups is 2. The number of halogens is 2. The Hall–Kier alpha value is -2.64. The highest BCUT2D eigenvalue weighted by molar-refractivity contribution is 9.10. The topological polar surface area (TPSA) is 58.6 Å². The van der Waals surface area contributed by atoms with E-state index in [1.54, 1.807) is 4.90 Å². The highest BCUT2D eigenvalue weighted by Crippen LogP contribution is 2.22. The van der Waals surface area contributed by atoms with E-state index in [4.69, 9.17) is 4.74 Å². The standard InChI is InChI=1S/C29H32Br2N2O3/c1-20-16-24(14-15-25(20)31)36-19-27(34)33(18-22-10-12-23(30)13-11-22)26(28(35)32-29(2,3)4)17-21-8-6-5-7-9-21/h5-16,26H,17-19H2,1-4H3,(H,32,35). The third-order valence-electron chi connectivity index (χ3n) is 5.53. The first kappa shape index (κ1) is 27.9. The Kier molecular flexibility index (Phi) is 9.74. The molecule has 0 aromatic heterocycles. The number of rotatable bonds is 9. The number of benzene rings is 3. The number of aryl methyl sites for hydroxylation is 1. The smallest absolute Gasteiger partial charge is 0.261 e. The van der Waals surface area contributed by atoms with Crippen LogP contribution in [-0.2, 0) is 22.6 Å². The molecule has 2 amide bonds. The number of hydrogen-bond acceptors (Lipinski definition) is 3. The molecule has 1 unspecified atom stereocenters. The second kappa shape index (κ2) is 12.5. The van der Waals surface area contributed by atoms with Gasteiger partial charge in [0.1, 0.15) is 11.8 Å². The van der Waals surface area contributed by atoms with E-state index in [9.17, 15) is 9.59 Å². The Labute approximate surface area is 230 Å². The van der Waals surface area contributed by atoms with Crippen LogP contribution in [0.5, 0.6) is 5.75 Å². The van der Waals surface area contributed by atoms with E-state index in [1.807, 2.05) is 100 Å². The third-order valence-corrected chi connectivity index (χ3v) is 6.95. The molecule has 5 nitrogen and oxygen atoms in total. The van der Waals surface area contributed by atoms with Crippen LogP contribution < -0.4 is 10.1 Å². The molecule has 0 aliphatic carbocycles. The van der Waals surface area contributed by atoms with Crippen LogP contribution in [0.3, 0.4) is 0 Å². The molecule has 0 aliphatic heterocycles. The van der Waals surface area contributed by atoms with Crippen LogP contribution in [0.15, 0.2) is 81.7 Å². The molecule has 3 aromatic rings. The summed E-state index contributed by atoms with van der Waals surface area (Å²) < 4.78 is 7.79. The van der Waals surface area contributed by atoms with Crippen LogP contribution in [-0.4, -0.2) is 34.9 Å². The lowest BCUT2D eigenvalue weighted by atomic mass is 10.0. The zero-order chi connectivity index (χ0) is 26.3. The number of nitrogens with zero attached hydrogens (tertiary/aromatic N) is 1. The minimum atomic E-state index is -0.710. The van der Waals surface area contributed by atoms with E-state index < -0.39 is 11.6 Å². The van der Waals surface area contributed by atoms with Crippen molar-refractivity contribution in [2.45, 2.75) is 52.2 Å². The van der Waals surface area contributed by atoms with Gasteiger partial charge in [-0.1, -0.05) is 74.3 Å². The summed E-state index contributed by atoms with van der Waals surface area (Å²) in [6.07, 6.45) is 0.391. The molecular weight excluding hydrogens is 584 g/mol. The van der Waals surface area contributed by atoms with Crippen molar-refractivity contribution in [1.82, 2.24) is 10.2 Å². The lowest BCUT2D eigenvalue weighted by Gasteiger charge is -2.33. The van der Waals surface area contributed by atoms with Gasteiger partial charge >= 0.3 is 0 Å². The predicted octanol–water partition coefficient (Wildman–Crippen LogP) is 6.45. The van der Waals surface area contributed by atoms with Crippen molar-refractivity contribution in [3.8, 4) is 5.75 Å². The van der Waals surface area contributed by atoms with Gasteiger partial charge in [0.15, 0.2) is 6.61 Å². The number of amides is 2. The van der Waals surface area contributed by atoms with E-state index in [0.717, 1.165) is 25.6 Å². The summed E-state index contributed by atoms with van der Waals surface area (Å²) >= 11 is 6.95. The minimum absolute atomic E-state index is 0.175. The molecule has 190 valence electrons. The molecule has 0 radical (unpaired) electrons. The second-order valence-corrected chi connectivity index (χ2v) is 11.6. The summed E-state index contributed by atoms with van der Waals surface area (Å²) in [7, 11) is 0. The van der Waals surface area contributed by atoms with Gasteiger partial charge in [0.2, 0.25) is 5.91 Å². The average Bonchev–Trinajstić information content (AvgIpc) is 2.82. The number of hydrogen-bond donors (Lipinski definition) is 1. The summed E-state index contributed by atoms with van der Waals surface area (Å²) in [4.78, 5) is 28.8. The van der Waals surface area contributed by atoms with Gasteiger partial charge in [-0.3, -0.25) is 9.59 Å². The van der Waals surface area contributed by atoms with Crippen LogP contribution >= 0.6 is 31.9 Å². The van der Waals surface area contributed by atoms with Gasteiger partial charge in [0, 0.05) is 27.4 Å². The van der Waals surface area contributed by atoms with E-state index in [-0.39, 0.29) is 25.0 Å². The fourth-order valence-electron chi connectivity index (χ4n) is 3.73. The van der Waals surface area contributed by atoms with Crippen molar-refractivity contribution in [3.05, 3.63) is 98.4 Å². The third kappa shape index (κ3) is 8.49. The molecule has 0 saturated carbocycles. The van der Waals surface area contributed by atoms with Gasteiger partial charge in [0.25, 0.3) is 5.91 Å². The molecule has 0 spiro atoms. The van der Waals surface area contributed by atoms with Crippen molar-refractivity contribution in [1.29, 1.82) is 0 Å². The van der Waals surface area contributed by atoms with E-state index in [2.05, 4.69) is 37.2 Å². The molecule has 7 heteroatoms. The van der Waals surface area contributed by atoms with Crippen molar-refractivity contribution in [2.75, 3.05) is 6.61 Å². The number of ether oxygens (including phenoxy) is 1. The van der Waals surface area contributed by atoms with E-state index in [0.29, 0.717) is 12.2 Å². The monoisotopic (exact) mass is 614 g/mol. The maximum atomic E-state index is 13.6. The Morgan fingerprint density at radius 1 is 0.944 bits per heavy atom. The van der Waals surface area contributed by atoms with Crippen LogP contribution in [0, 0.1) is 6.92 Å². The van der Waals surface area contributed by atoms with Crippen molar-refractivity contribution in [3.63, 3.8) is 0 Å². The molecule has 36 heavy (non-hydrogen) atoms. The zero-order valence-electron chi connectivity index (χ0n) is 21.1. The molecule has 0 saturated heterocycles. The lowest BCUT2D eigenvalue weighted by molar-refractivity contribution is -0.143. The van der Waals surface area contributed by atoms with Crippen molar-refractivity contribution >= 4 is 43.7 Å². The molecule has 0 aliphatic rings. The van der Waals surface area contributed by atoms with E-state index in [1.165, 1.54) is 0 Å². The van der Waals surface area contributed by atoms with Gasteiger partial charge in [-0.05, 0) is 74.7 Å². The first-order chi connectivity index (χ1) is 17.0. The molecule has 3 aromatic carbocycles. The molecule has 3 rings (SSSR count). The normalized spacial score (nSPS) is 12.1. The van der Waals surface area contributed by atoms with Crippen LogP contribution in [0.1, 0.15) is 37.5 Å². The molecule has 1 N–H and O–H groups in total.